The lowest BCUT2D eigenvalue weighted by molar-refractivity contribution is -0.174. The Morgan fingerprint density at radius 2 is 1.93 bits per heavy atom. The standard InChI is InChI=1S/C20H22F3N3OS2/c1-14-17(12-29-19-25-15-6-2-3-7-16(15)26-19)24-9-8-18(14)28-11-5-4-10-27-13-20(21,22)23/h2-3,6-9H,4-5,10-13H2,1H3,(H,25,26). The molecule has 0 aliphatic carbocycles. The van der Waals surface area contributed by atoms with E-state index in [1.807, 2.05) is 30.3 Å². The first-order valence-corrected chi connectivity index (χ1v) is 11.2. The van der Waals surface area contributed by atoms with E-state index in [4.69, 9.17) is 0 Å². The van der Waals surface area contributed by atoms with Gasteiger partial charge in [-0.2, -0.15) is 13.2 Å². The van der Waals surface area contributed by atoms with Crippen molar-refractivity contribution in [3.63, 3.8) is 0 Å². The number of imidazole rings is 1. The van der Waals surface area contributed by atoms with E-state index in [9.17, 15) is 13.2 Å². The third-order valence-corrected chi connectivity index (χ3v) is 6.31. The average Bonchev–Trinajstić information content (AvgIpc) is 3.09. The molecule has 3 rings (SSSR count). The summed E-state index contributed by atoms with van der Waals surface area (Å²) in [7, 11) is 0. The topological polar surface area (TPSA) is 50.8 Å². The molecule has 156 valence electrons. The van der Waals surface area contributed by atoms with Crippen LogP contribution in [0.2, 0.25) is 0 Å². The van der Waals surface area contributed by atoms with Gasteiger partial charge >= 0.3 is 6.18 Å². The number of unbranched alkanes of at least 4 members (excludes halogenated alkanes) is 1. The van der Waals surface area contributed by atoms with Crippen LogP contribution in [0.4, 0.5) is 13.2 Å². The van der Waals surface area contributed by atoms with Gasteiger partial charge in [0.1, 0.15) is 6.61 Å². The number of aromatic nitrogens is 3. The smallest absolute Gasteiger partial charge is 0.372 e. The number of nitrogens with zero attached hydrogens (tertiary/aromatic N) is 2. The summed E-state index contributed by atoms with van der Waals surface area (Å²) in [5, 5.41) is 0.865. The first kappa shape index (κ1) is 22.0. The Kier molecular flexibility index (Phi) is 7.85. The monoisotopic (exact) mass is 441 g/mol. The number of pyridine rings is 1. The number of fused-ring (bicyclic) bond motifs is 1. The number of ether oxygens (including phenoxy) is 1. The van der Waals surface area contributed by atoms with Gasteiger partial charge in [-0.3, -0.25) is 4.98 Å². The fourth-order valence-corrected chi connectivity index (χ4v) is 4.64. The van der Waals surface area contributed by atoms with Gasteiger partial charge in [0.15, 0.2) is 5.16 Å². The Labute approximate surface area is 176 Å². The van der Waals surface area contributed by atoms with Gasteiger partial charge in [-0.05, 0) is 49.3 Å². The molecule has 29 heavy (non-hydrogen) atoms. The number of halogens is 3. The first-order chi connectivity index (χ1) is 13.9. The minimum atomic E-state index is -4.25. The zero-order valence-corrected chi connectivity index (χ0v) is 17.6. The lowest BCUT2D eigenvalue weighted by atomic mass is 10.2. The summed E-state index contributed by atoms with van der Waals surface area (Å²) in [6.45, 7) is 1.01. The molecule has 0 saturated heterocycles. The molecular formula is C20H22F3N3OS2. The van der Waals surface area contributed by atoms with E-state index in [0.29, 0.717) is 12.2 Å². The molecule has 0 bridgehead atoms. The normalized spacial score (nSPS) is 12.0. The predicted octanol–water partition coefficient (Wildman–Crippen LogP) is 6.01. The van der Waals surface area contributed by atoms with Gasteiger partial charge in [-0.25, -0.2) is 4.98 Å². The molecule has 0 amide bonds. The number of nitrogens with one attached hydrogen (secondary N) is 1. The Bertz CT molecular complexity index is 898. The Hall–Kier alpha value is -1.71. The highest BCUT2D eigenvalue weighted by Crippen LogP contribution is 2.28. The summed E-state index contributed by atoms with van der Waals surface area (Å²) in [6, 6.07) is 9.90. The second kappa shape index (κ2) is 10.4. The minimum Gasteiger partial charge on any atom is -0.372 e. The van der Waals surface area contributed by atoms with Gasteiger partial charge in [0.2, 0.25) is 0 Å². The van der Waals surface area contributed by atoms with Gasteiger partial charge < -0.3 is 9.72 Å². The molecule has 1 aromatic carbocycles. The highest BCUT2D eigenvalue weighted by molar-refractivity contribution is 7.99. The number of rotatable bonds is 10. The van der Waals surface area contributed by atoms with Crippen LogP contribution >= 0.6 is 23.5 Å². The Balaban J connectivity index is 1.45. The van der Waals surface area contributed by atoms with Crippen molar-refractivity contribution in [3.05, 3.63) is 47.8 Å². The third-order valence-electron chi connectivity index (χ3n) is 4.18. The van der Waals surface area contributed by atoms with Crippen LogP contribution in [0.3, 0.4) is 0 Å². The molecule has 0 unspecified atom stereocenters. The SMILES string of the molecule is Cc1c(SCCCCOCC(F)(F)F)ccnc1CSc1nc2ccccc2[nH]1. The molecule has 0 atom stereocenters. The maximum absolute atomic E-state index is 12.0. The molecule has 2 aromatic heterocycles. The van der Waals surface area contributed by atoms with Crippen molar-refractivity contribution >= 4 is 34.6 Å². The number of H-pyrrole nitrogens is 1. The van der Waals surface area contributed by atoms with Crippen molar-refractivity contribution in [3.8, 4) is 0 Å². The van der Waals surface area contributed by atoms with Crippen molar-refractivity contribution in [1.29, 1.82) is 0 Å². The van der Waals surface area contributed by atoms with E-state index in [0.717, 1.165) is 44.5 Å². The van der Waals surface area contributed by atoms with E-state index >= 15 is 0 Å². The molecule has 4 nitrogen and oxygen atoms in total. The Morgan fingerprint density at radius 3 is 2.72 bits per heavy atom. The second-order valence-corrected chi connectivity index (χ2v) is 8.55. The third kappa shape index (κ3) is 6.94. The summed E-state index contributed by atoms with van der Waals surface area (Å²) in [6.07, 6.45) is -1.04. The van der Waals surface area contributed by atoms with Crippen LogP contribution in [0.1, 0.15) is 24.1 Å². The van der Waals surface area contributed by atoms with Crippen LogP contribution in [0.5, 0.6) is 0 Å². The number of aromatic amines is 1. The molecule has 0 saturated carbocycles. The number of benzene rings is 1. The quantitative estimate of drug-likeness (QED) is 0.308. The van der Waals surface area contributed by atoms with Crippen LogP contribution in [-0.2, 0) is 10.5 Å². The number of para-hydroxylation sites is 2. The summed E-state index contributed by atoms with van der Waals surface area (Å²) in [5.74, 6) is 1.54. The number of hydrogen-bond donors (Lipinski definition) is 1. The van der Waals surface area contributed by atoms with E-state index in [1.165, 1.54) is 0 Å². The zero-order chi connectivity index (χ0) is 20.7. The van der Waals surface area contributed by atoms with Crippen molar-refractivity contribution < 1.29 is 17.9 Å². The largest absolute Gasteiger partial charge is 0.411 e. The van der Waals surface area contributed by atoms with E-state index in [1.54, 1.807) is 29.7 Å². The van der Waals surface area contributed by atoms with Crippen molar-refractivity contribution in [2.45, 2.75) is 41.7 Å². The van der Waals surface area contributed by atoms with E-state index in [2.05, 4.69) is 26.6 Å². The van der Waals surface area contributed by atoms with Gasteiger partial charge in [0.25, 0.3) is 0 Å². The first-order valence-electron chi connectivity index (χ1n) is 9.22. The average molecular weight is 442 g/mol. The number of alkyl halides is 3. The fraction of sp³-hybridized carbons (Fsp3) is 0.400. The molecule has 0 aliphatic rings. The molecule has 1 N–H and O–H groups in total. The molecule has 3 aromatic rings. The zero-order valence-electron chi connectivity index (χ0n) is 16.0. The molecule has 0 fully saturated rings. The number of hydrogen-bond acceptors (Lipinski definition) is 5. The van der Waals surface area contributed by atoms with Crippen molar-refractivity contribution in [1.82, 2.24) is 15.0 Å². The van der Waals surface area contributed by atoms with Gasteiger partial charge in [0.05, 0.1) is 16.7 Å². The highest BCUT2D eigenvalue weighted by atomic mass is 32.2. The summed E-state index contributed by atoms with van der Waals surface area (Å²) in [4.78, 5) is 13.5. The van der Waals surface area contributed by atoms with Crippen molar-refractivity contribution in [2.75, 3.05) is 19.0 Å². The fourth-order valence-electron chi connectivity index (χ4n) is 2.67. The van der Waals surface area contributed by atoms with Crippen molar-refractivity contribution in [2.24, 2.45) is 0 Å². The van der Waals surface area contributed by atoms with E-state index < -0.39 is 12.8 Å². The molecule has 0 radical (unpaired) electrons. The summed E-state index contributed by atoms with van der Waals surface area (Å²) < 4.78 is 40.7. The minimum absolute atomic E-state index is 0.134. The van der Waals surface area contributed by atoms with E-state index in [-0.39, 0.29) is 6.61 Å². The van der Waals surface area contributed by atoms with Crippen LogP contribution < -0.4 is 0 Å². The van der Waals surface area contributed by atoms with Gasteiger partial charge in [0, 0.05) is 23.5 Å². The molecule has 2 heterocycles. The molecule has 0 aliphatic heterocycles. The second-order valence-electron chi connectivity index (χ2n) is 6.45. The van der Waals surface area contributed by atoms with Gasteiger partial charge in [-0.15, -0.1) is 11.8 Å². The summed E-state index contributed by atoms with van der Waals surface area (Å²) in [5.41, 5.74) is 4.11. The maximum atomic E-state index is 12.0. The summed E-state index contributed by atoms with van der Waals surface area (Å²) >= 11 is 3.31. The number of thioether (sulfide) groups is 2. The molecule has 9 heteroatoms. The van der Waals surface area contributed by atoms with Crippen LogP contribution in [0, 0.1) is 6.92 Å². The highest BCUT2D eigenvalue weighted by Gasteiger charge is 2.27. The van der Waals surface area contributed by atoms with Crippen LogP contribution in [0.15, 0.2) is 46.6 Å². The Morgan fingerprint density at radius 1 is 1.10 bits per heavy atom. The molecular weight excluding hydrogens is 419 g/mol. The lowest BCUT2D eigenvalue weighted by Crippen LogP contribution is -2.17. The maximum Gasteiger partial charge on any atom is 0.411 e. The van der Waals surface area contributed by atoms with Crippen LogP contribution in [0.25, 0.3) is 11.0 Å². The molecule has 0 spiro atoms. The van der Waals surface area contributed by atoms with Crippen LogP contribution in [-0.4, -0.2) is 40.1 Å². The van der Waals surface area contributed by atoms with Gasteiger partial charge in [-0.1, -0.05) is 23.9 Å². The predicted molar refractivity (Wildman–Crippen MR) is 111 cm³/mol. The lowest BCUT2D eigenvalue weighted by Gasteiger charge is -2.10.